The highest BCUT2D eigenvalue weighted by Gasteiger charge is 2.15. The van der Waals surface area contributed by atoms with Gasteiger partial charge in [0.25, 0.3) is 5.91 Å². The molecule has 0 bridgehead atoms. The zero-order chi connectivity index (χ0) is 22.8. The summed E-state index contributed by atoms with van der Waals surface area (Å²) in [5.74, 6) is 0.175. The first kappa shape index (κ1) is 24.2. The van der Waals surface area contributed by atoms with E-state index in [-0.39, 0.29) is 5.57 Å². The van der Waals surface area contributed by atoms with Crippen LogP contribution < -0.4 is 14.8 Å². The van der Waals surface area contributed by atoms with Gasteiger partial charge in [-0.05, 0) is 84.0 Å². The molecule has 8 heteroatoms. The van der Waals surface area contributed by atoms with E-state index < -0.39 is 11.9 Å². The second-order valence-corrected chi connectivity index (χ2v) is 7.47. The molecule has 2 aromatic carbocycles. The fraction of sp³-hybridized carbons (Fsp3) is 0.261. The zero-order valence-corrected chi connectivity index (χ0v) is 19.7. The van der Waals surface area contributed by atoms with Gasteiger partial charge in [-0.15, -0.1) is 0 Å². The average Bonchev–Trinajstić information content (AvgIpc) is 2.77. The summed E-state index contributed by atoms with van der Waals surface area (Å²) >= 11 is 2.14. The number of rotatable bonds is 9. The summed E-state index contributed by atoms with van der Waals surface area (Å²) in [5, 5.41) is 12.2. The Labute approximate surface area is 195 Å². The molecule has 0 atom stereocenters. The molecule has 162 valence electrons. The van der Waals surface area contributed by atoms with Crippen LogP contribution in [0.4, 0.5) is 5.69 Å². The van der Waals surface area contributed by atoms with Crippen LogP contribution in [0.15, 0.2) is 42.0 Å². The fourth-order valence-electron chi connectivity index (χ4n) is 2.60. The van der Waals surface area contributed by atoms with Crippen molar-refractivity contribution in [2.45, 2.75) is 20.3 Å². The van der Waals surface area contributed by atoms with Crippen molar-refractivity contribution in [1.82, 2.24) is 0 Å². The van der Waals surface area contributed by atoms with E-state index in [1.165, 1.54) is 25.3 Å². The van der Waals surface area contributed by atoms with Gasteiger partial charge >= 0.3 is 5.97 Å². The third-order valence-electron chi connectivity index (χ3n) is 4.02. The van der Waals surface area contributed by atoms with Crippen molar-refractivity contribution in [2.75, 3.05) is 25.6 Å². The summed E-state index contributed by atoms with van der Waals surface area (Å²) < 4.78 is 16.9. The van der Waals surface area contributed by atoms with Crippen LogP contribution >= 0.6 is 22.6 Å². The zero-order valence-electron chi connectivity index (χ0n) is 17.5. The van der Waals surface area contributed by atoms with Crippen molar-refractivity contribution in [2.24, 2.45) is 0 Å². The number of ether oxygens (including phenoxy) is 3. The SMILES string of the molecule is CCCOc1c(I)cc(/C=C(\C#N)C(=O)Nc2ccc(C(=O)OC)cc2)cc1OCC. The molecule has 2 aromatic rings. The molecule has 0 aliphatic heterocycles. The number of esters is 1. The number of anilines is 1. The second-order valence-electron chi connectivity index (χ2n) is 6.30. The minimum absolute atomic E-state index is 0.0717. The van der Waals surface area contributed by atoms with Crippen molar-refractivity contribution < 1.29 is 23.8 Å². The maximum atomic E-state index is 12.6. The molecule has 1 N–H and O–H groups in total. The third kappa shape index (κ3) is 6.72. The summed E-state index contributed by atoms with van der Waals surface area (Å²) in [7, 11) is 1.29. The van der Waals surface area contributed by atoms with Crippen LogP contribution in [0.25, 0.3) is 6.08 Å². The lowest BCUT2D eigenvalue weighted by Crippen LogP contribution is -2.13. The summed E-state index contributed by atoms with van der Waals surface area (Å²) in [6.07, 6.45) is 2.36. The third-order valence-corrected chi connectivity index (χ3v) is 4.82. The van der Waals surface area contributed by atoms with Gasteiger partial charge in [0.2, 0.25) is 0 Å². The topological polar surface area (TPSA) is 97.7 Å². The van der Waals surface area contributed by atoms with E-state index in [0.717, 1.165) is 9.99 Å². The van der Waals surface area contributed by atoms with Crippen LogP contribution in [-0.2, 0) is 9.53 Å². The van der Waals surface area contributed by atoms with E-state index in [1.807, 2.05) is 26.0 Å². The molecule has 0 aliphatic rings. The Morgan fingerprint density at radius 3 is 2.45 bits per heavy atom. The number of hydrogen-bond acceptors (Lipinski definition) is 6. The van der Waals surface area contributed by atoms with Crippen LogP contribution in [0.5, 0.6) is 11.5 Å². The van der Waals surface area contributed by atoms with Crippen molar-refractivity contribution >= 4 is 46.2 Å². The molecule has 2 rings (SSSR count). The largest absolute Gasteiger partial charge is 0.490 e. The Morgan fingerprint density at radius 2 is 1.87 bits per heavy atom. The van der Waals surface area contributed by atoms with Gasteiger partial charge in [0.05, 0.1) is 29.5 Å². The lowest BCUT2D eigenvalue weighted by atomic mass is 10.1. The highest BCUT2D eigenvalue weighted by Crippen LogP contribution is 2.35. The Balaban J connectivity index is 2.26. The molecule has 7 nitrogen and oxygen atoms in total. The molecule has 0 aliphatic carbocycles. The van der Waals surface area contributed by atoms with Gasteiger partial charge in [-0.25, -0.2) is 4.79 Å². The summed E-state index contributed by atoms with van der Waals surface area (Å²) in [4.78, 5) is 24.1. The number of carbonyl (C=O) groups excluding carboxylic acids is 2. The van der Waals surface area contributed by atoms with Crippen LogP contribution in [0.1, 0.15) is 36.2 Å². The second kappa shape index (κ2) is 12.0. The highest BCUT2D eigenvalue weighted by molar-refractivity contribution is 14.1. The molecule has 0 unspecified atom stereocenters. The van der Waals surface area contributed by atoms with Gasteiger partial charge < -0.3 is 19.5 Å². The van der Waals surface area contributed by atoms with Crippen LogP contribution in [0, 0.1) is 14.9 Å². The first-order chi connectivity index (χ1) is 14.9. The quantitative estimate of drug-likeness (QED) is 0.215. The standard InChI is InChI=1S/C23H23IN2O5/c1-4-10-31-21-19(24)12-15(13-20(21)30-5-2)11-17(14-25)22(27)26-18-8-6-16(7-9-18)23(28)29-3/h6-9,11-13H,4-5,10H2,1-3H3,(H,26,27)/b17-11+. The number of amides is 1. The molecule has 1 amide bonds. The first-order valence-electron chi connectivity index (χ1n) is 9.64. The van der Waals surface area contributed by atoms with E-state index >= 15 is 0 Å². The van der Waals surface area contributed by atoms with Crippen LogP contribution in [0.2, 0.25) is 0 Å². The molecule has 31 heavy (non-hydrogen) atoms. The van der Waals surface area contributed by atoms with Gasteiger partial charge in [0.15, 0.2) is 11.5 Å². The number of carbonyl (C=O) groups is 2. The number of halogens is 1. The van der Waals surface area contributed by atoms with Gasteiger partial charge in [0.1, 0.15) is 11.6 Å². The molecule has 0 aromatic heterocycles. The normalized spacial score (nSPS) is 10.7. The predicted molar refractivity (Wildman–Crippen MR) is 126 cm³/mol. The van der Waals surface area contributed by atoms with Crippen molar-refractivity contribution in [3.8, 4) is 17.6 Å². The minimum atomic E-state index is -0.562. The summed E-state index contributed by atoms with van der Waals surface area (Å²) in [6, 6.07) is 11.7. The van der Waals surface area contributed by atoms with Crippen molar-refractivity contribution in [3.05, 3.63) is 56.7 Å². The maximum absolute atomic E-state index is 12.6. The first-order valence-corrected chi connectivity index (χ1v) is 10.7. The molecular formula is C23H23IN2O5. The van der Waals surface area contributed by atoms with Gasteiger partial charge in [-0.1, -0.05) is 6.92 Å². The Morgan fingerprint density at radius 1 is 1.16 bits per heavy atom. The predicted octanol–water partition coefficient (Wildman–Crippen LogP) is 4.81. The molecule has 0 heterocycles. The average molecular weight is 534 g/mol. The highest BCUT2D eigenvalue weighted by atomic mass is 127. The van der Waals surface area contributed by atoms with Crippen LogP contribution in [-0.4, -0.2) is 32.2 Å². The van der Waals surface area contributed by atoms with Crippen molar-refractivity contribution in [1.29, 1.82) is 5.26 Å². The van der Waals surface area contributed by atoms with E-state index in [1.54, 1.807) is 18.2 Å². The smallest absolute Gasteiger partial charge is 0.337 e. The monoisotopic (exact) mass is 534 g/mol. The Bertz CT molecular complexity index is 1010. The molecular weight excluding hydrogens is 511 g/mol. The summed E-state index contributed by atoms with van der Waals surface area (Å²) in [5.41, 5.74) is 1.38. The molecule has 0 spiro atoms. The molecule has 0 saturated carbocycles. The van der Waals surface area contributed by atoms with Gasteiger partial charge in [0, 0.05) is 5.69 Å². The van der Waals surface area contributed by atoms with E-state index in [4.69, 9.17) is 9.47 Å². The van der Waals surface area contributed by atoms with Crippen LogP contribution in [0.3, 0.4) is 0 Å². The number of hydrogen-bond donors (Lipinski definition) is 1. The van der Waals surface area contributed by atoms with Gasteiger partial charge in [-0.2, -0.15) is 5.26 Å². The molecule has 0 saturated heterocycles. The number of methoxy groups -OCH3 is 1. The minimum Gasteiger partial charge on any atom is -0.490 e. The Hall–Kier alpha value is -3.06. The number of nitrogens with zero attached hydrogens (tertiary/aromatic N) is 1. The Kier molecular flexibility index (Phi) is 9.34. The van der Waals surface area contributed by atoms with Crippen molar-refractivity contribution in [3.63, 3.8) is 0 Å². The van der Waals surface area contributed by atoms with E-state index in [2.05, 4.69) is 32.6 Å². The summed E-state index contributed by atoms with van der Waals surface area (Å²) in [6.45, 7) is 4.91. The maximum Gasteiger partial charge on any atom is 0.337 e. The number of nitriles is 1. The molecule has 0 radical (unpaired) electrons. The lowest BCUT2D eigenvalue weighted by molar-refractivity contribution is -0.112. The van der Waals surface area contributed by atoms with E-state index in [9.17, 15) is 14.9 Å². The fourth-order valence-corrected chi connectivity index (χ4v) is 3.38. The number of benzene rings is 2. The number of nitrogens with one attached hydrogen (secondary N) is 1. The van der Waals surface area contributed by atoms with E-state index in [0.29, 0.717) is 41.5 Å². The molecule has 0 fully saturated rings. The van der Waals surface area contributed by atoms with Gasteiger partial charge in [-0.3, -0.25) is 4.79 Å². The lowest BCUT2D eigenvalue weighted by Gasteiger charge is -2.14.